The van der Waals surface area contributed by atoms with Crippen LogP contribution in [0.1, 0.15) is 39.8 Å². The molecule has 4 aromatic rings. The molecule has 0 aliphatic rings. The van der Waals surface area contributed by atoms with E-state index in [2.05, 4.69) is 15.5 Å². The summed E-state index contributed by atoms with van der Waals surface area (Å²) in [6.45, 7) is 3.25. The third-order valence-corrected chi connectivity index (χ3v) is 5.80. The predicted molar refractivity (Wildman–Crippen MR) is 122 cm³/mol. The van der Waals surface area contributed by atoms with Gasteiger partial charge in [-0.2, -0.15) is 0 Å². The zero-order chi connectivity index (χ0) is 23.5. The molecule has 0 fully saturated rings. The van der Waals surface area contributed by atoms with Crippen molar-refractivity contribution in [2.75, 3.05) is 17.7 Å². The van der Waals surface area contributed by atoms with E-state index in [4.69, 9.17) is 14.9 Å². The fraction of sp³-hybridized carbons (Fsp3) is 0.227. The van der Waals surface area contributed by atoms with Gasteiger partial charge in [0.15, 0.2) is 10.8 Å². The quantitative estimate of drug-likeness (QED) is 0.297. The molecule has 0 saturated heterocycles. The van der Waals surface area contributed by atoms with Gasteiger partial charge in [-0.05, 0) is 37.4 Å². The molecule has 1 aromatic carbocycles. The number of esters is 1. The third kappa shape index (κ3) is 4.40. The normalized spacial score (nSPS) is 11.1. The standard InChI is InChI=1S/C22H21N5O5S/c1-3-31-21(30)17-12(2)32-20(18(17)19(23)29)24-16(28)10-11-33-22-26-25-15-9-8-13-6-4-5-7-14(13)27(15)22/h4-9H,3,10-11H2,1-2H3,(H2,23,29)(H,24,28). The predicted octanol–water partition coefficient (Wildman–Crippen LogP) is 3.18. The first-order valence-electron chi connectivity index (χ1n) is 10.2. The number of hydrogen-bond donors (Lipinski definition) is 2. The number of furan rings is 1. The van der Waals surface area contributed by atoms with Crippen LogP contribution in [0.3, 0.4) is 0 Å². The SMILES string of the molecule is CCOC(=O)c1c(C)oc(NC(=O)CCSc2nnc3ccc4ccccc4n23)c1C(N)=O. The van der Waals surface area contributed by atoms with Crippen LogP contribution < -0.4 is 11.1 Å². The van der Waals surface area contributed by atoms with Gasteiger partial charge in [0.05, 0.1) is 12.1 Å². The van der Waals surface area contributed by atoms with E-state index in [-0.39, 0.29) is 35.8 Å². The number of rotatable bonds is 8. The molecule has 3 heterocycles. The van der Waals surface area contributed by atoms with Gasteiger partial charge in [-0.1, -0.05) is 30.0 Å². The summed E-state index contributed by atoms with van der Waals surface area (Å²) >= 11 is 1.37. The number of aromatic nitrogens is 3. The zero-order valence-electron chi connectivity index (χ0n) is 18.0. The average molecular weight is 468 g/mol. The number of anilines is 1. The van der Waals surface area contributed by atoms with Crippen LogP contribution in [0, 0.1) is 6.92 Å². The largest absolute Gasteiger partial charge is 0.462 e. The minimum atomic E-state index is -0.901. The fourth-order valence-corrected chi connectivity index (χ4v) is 4.34. The number of hydrogen-bond acceptors (Lipinski definition) is 8. The molecule has 0 aliphatic carbocycles. The number of pyridine rings is 1. The lowest BCUT2D eigenvalue weighted by Crippen LogP contribution is -2.20. The molecule has 11 heteroatoms. The Bertz CT molecular complexity index is 1380. The van der Waals surface area contributed by atoms with Crippen LogP contribution >= 0.6 is 11.8 Å². The molecule has 2 amide bonds. The molecular weight excluding hydrogens is 446 g/mol. The molecule has 4 rings (SSSR count). The number of para-hydroxylation sites is 1. The Morgan fingerprint density at radius 2 is 1.94 bits per heavy atom. The molecule has 10 nitrogen and oxygen atoms in total. The minimum absolute atomic E-state index is 0.0872. The number of nitrogens with zero attached hydrogens (tertiary/aromatic N) is 3. The second kappa shape index (κ2) is 9.33. The summed E-state index contributed by atoms with van der Waals surface area (Å²) in [5.74, 6) is -1.69. The van der Waals surface area contributed by atoms with Crippen molar-refractivity contribution >= 4 is 52.0 Å². The Kier molecular flexibility index (Phi) is 6.31. The maximum Gasteiger partial charge on any atom is 0.342 e. The Morgan fingerprint density at radius 3 is 2.70 bits per heavy atom. The number of carbonyl (C=O) groups is 3. The topological polar surface area (TPSA) is 142 Å². The number of aryl methyl sites for hydroxylation is 1. The summed E-state index contributed by atoms with van der Waals surface area (Å²) in [6, 6.07) is 11.7. The van der Waals surface area contributed by atoms with Crippen LogP contribution in [0.4, 0.5) is 5.88 Å². The maximum absolute atomic E-state index is 12.5. The molecule has 0 radical (unpaired) electrons. The number of ether oxygens (including phenoxy) is 1. The number of nitrogens with two attached hydrogens (primary N) is 1. The lowest BCUT2D eigenvalue weighted by atomic mass is 10.1. The smallest absolute Gasteiger partial charge is 0.342 e. The highest BCUT2D eigenvalue weighted by atomic mass is 32.2. The lowest BCUT2D eigenvalue weighted by molar-refractivity contribution is -0.115. The van der Waals surface area contributed by atoms with E-state index < -0.39 is 17.8 Å². The third-order valence-electron chi connectivity index (χ3n) is 4.87. The maximum atomic E-state index is 12.5. The Morgan fingerprint density at radius 1 is 1.15 bits per heavy atom. The number of thioether (sulfide) groups is 1. The summed E-state index contributed by atoms with van der Waals surface area (Å²) < 4.78 is 12.3. The van der Waals surface area contributed by atoms with Gasteiger partial charge in [0.25, 0.3) is 5.91 Å². The van der Waals surface area contributed by atoms with E-state index >= 15 is 0 Å². The van der Waals surface area contributed by atoms with Gasteiger partial charge >= 0.3 is 5.97 Å². The molecular formula is C22H21N5O5S. The van der Waals surface area contributed by atoms with Crippen molar-refractivity contribution in [3.05, 3.63) is 53.3 Å². The molecule has 0 aliphatic heterocycles. The summed E-state index contributed by atoms with van der Waals surface area (Å²) in [4.78, 5) is 36.6. The molecule has 0 atom stereocenters. The molecule has 3 aromatic heterocycles. The molecule has 0 spiro atoms. The lowest BCUT2D eigenvalue weighted by Gasteiger charge is -2.06. The van der Waals surface area contributed by atoms with Gasteiger partial charge in [0.2, 0.25) is 11.8 Å². The van der Waals surface area contributed by atoms with E-state index in [1.807, 2.05) is 40.8 Å². The highest BCUT2D eigenvalue weighted by Crippen LogP contribution is 2.28. The Labute approximate surface area is 192 Å². The van der Waals surface area contributed by atoms with Crippen LogP contribution in [0.15, 0.2) is 46.0 Å². The number of primary amides is 1. The Balaban J connectivity index is 1.47. The summed E-state index contributed by atoms with van der Waals surface area (Å²) in [5.41, 5.74) is 6.81. The van der Waals surface area contributed by atoms with Crippen molar-refractivity contribution in [3.63, 3.8) is 0 Å². The second-order valence-electron chi connectivity index (χ2n) is 7.04. The van der Waals surface area contributed by atoms with Crippen molar-refractivity contribution < 1.29 is 23.5 Å². The number of carbonyl (C=O) groups excluding carboxylic acids is 3. The number of nitrogens with one attached hydrogen (secondary N) is 1. The molecule has 0 saturated carbocycles. The van der Waals surface area contributed by atoms with Crippen LogP contribution in [0.2, 0.25) is 0 Å². The van der Waals surface area contributed by atoms with Crippen molar-refractivity contribution in [3.8, 4) is 0 Å². The number of fused-ring (bicyclic) bond motifs is 3. The number of amides is 2. The van der Waals surface area contributed by atoms with E-state index in [0.717, 1.165) is 10.9 Å². The van der Waals surface area contributed by atoms with Crippen LogP contribution in [0.25, 0.3) is 16.6 Å². The second-order valence-corrected chi connectivity index (χ2v) is 8.10. The average Bonchev–Trinajstić information content (AvgIpc) is 3.34. The fourth-order valence-electron chi connectivity index (χ4n) is 3.45. The first-order valence-corrected chi connectivity index (χ1v) is 11.1. The number of benzene rings is 1. The van der Waals surface area contributed by atoms with Crippen molar-refractivity contribution in [1.29, 1.82) is 0 Å². The van der Waals surface area contributed by atoms with E-state index in [1.165, 1.54) is 18.7 Å². The monoisotopic (exact) mass is 467 g/mol. The van der Waals surface area contributed by atoms with Gasteiger partial charge in [-0.15, -0.1) is 10.2 Å². The first-order chi connectivity index (χ1) is 15.9. The van der Waals surface area contributed by atoms with Crippen molar-refractivity contribution in [2.45, 2.75) is 25.4 Å². The molecule has 0 bridgehead atoms. The summed E-state index contributed by atoms with van der Waals surface area (Å²) in [7, 11) is 0. The summed E-state index contributed by atoms with van der Waals surface area (Å²) in [6.07, 6.45) is 0.0943. The zero-order valence-corrected chi connectivity index (χ0v) is 18.8. The highest BCUT2D eigenvalue weighted by Gasteiger charge is 2.29. The van der Waals surface area contributed by atoms with Gasteiger partial charge in [-0.25, -0.2) is 4.79 Å². The summed E-state index contributed by atoms with van der Waals surface area (Å²) in [5, 5.41) is 12.7. The van der Waals surface area contributed by atoms with E-state index in [0.29, 0.717) is 16.6 Å². The van der Waals surface area contributed by atoms with E-state index in [9.17, 15) is 14.4 Å². The Hall–Kier alpha value is -3.86. The van der Waals surface area contributed by atoms with Crippen molar-refractivity contribution in [1.82, 2.24) is 14.6 Å². The van der Waals surface area contributed by atoms with Gasteiger partial charge < -0.3 is 14.9 Å². The van der Waals surface area contributed by atoms with E-state index in [1.54, 1.807) is 6.92 Å². The minimum Gasteiger partial charge on any atom is -0.462 e. The molecule has 170 valence electrons. The molecule has 0 unspecified atom stereocenters. The molecule has 3 N–H and O–H groups in total. The van der Waals surface area contributed by atoms with Gasteiger partial charge in [0.1, 0.15) is 16.9 Å². The van der Waals surface area contributed by atoms with Gasteiger partial charge in [-0.3, -0.25) is 19.3 Å². The van der Waals surface area contributed by atoms with Crippen LogP contribution in [-0.4, -0.2) is 44.7 Å². The van der Waals surface area contributed by atoms with Crippen molar-refractivity contribution in [2.24, 2.45) is 5.73 Å². The van der Waals surface area contributed by atoms with Crippen LogP contribution in [0.5, 0.6) is 0 Å². The van der Waals surface area contributed by atoms with Crippen LogP contribution in [-0.2, 0) is 9.53 Å². The molecule has 33 heavy (non-hydrogen) atoms. The highest BCUT2D eigenvalue weighted by molar-refractivity contribution is 7.99. The first kappa shape index (κ1) is 22.3. The van der Waals surface area contributed by atoms with Gasteiger partial charge in [0, 0.05) is 12.2 Å².